The quantitative estimate of drug-likeness (QED) is 0.291. The van der Waals surface area contributed by atoms with Crippen molar-refractivity contribution in [2.75, 3.05) is 59.7 Å². The van der Waals surface area contributed by atoms with Crippen LogP contribution in [0.2, 0.25) is 0 Å². The number of hydrogen-bond donors (Lipinski definition) is 3. The minimum absolute atomic E-state index is 0.0975. The summed E-state index contributed by atoms with van der Waals surface area (Å²) in [7, 11) is 7.62. The number of nitrogens with one attached hydrogen (secondary N) is 1. The minimum Gasteiger partial charge on any atom is -0.467 e. The maximum absolute atomic E-state index is 5.69. The van der Waals surface area contributed by atoms with E-state index in [1.165, 1.54) is 0 Å². The van der Waals surface area contributed by atoms with Gasteiger partial charge in [-0.3, -0.25) is 0 Å². The second-order valence-electron chi connectivity index (χ2n) is 8.02. The Balaban J connectivity index is 1.44. The molecular weight excluding hydrogens is 468 g/mol. The first-order valence-corrected chi connectivity index (χ1v) is 11.5. The first kappa shape index (κ1) is 23.9. The van der Waals surface area contributed by atoms with Crippen LogP contribution in [0.4, 0.5) is 35.7 Å². The Morgan fingerprint density at radius 2 is 1.40 bits per heavy atom. The number of nitrogens with zero attached hydrogens (tertiary/aromatic N) is 9. The number of anilines is 6. The summed E-state index contributed by atoms with van der Waals surface area (Å²) in [4.78, 5) is 33.8. The molecule has 0 fully saturated rings. The maximum Gasteiger partial charge on any atom is 0.232 e. The van der Waals surface area contributed by atoms with Gasteiger partial charge in [0.15, 0.2) is 0 Å². The highest BCUT2D eigenvalue weighted by Crippen LogP contribution is 2.23. The first-order valence-electron chi connectivity index (χ1n) is 10.7. The molecule has 13 nitrogen and oxygen atoms in total. The molecule has 0 saturated carbocycles. The average Bonchev–Trinajstić information content (AvgIpc) is 3.49. The molecule has 4 rings (SSSR count). The molecule has 0 unspecified atom stereocenters. The summed E-state index contributed by atoms with van der Waals surface area (Å²) in [6.07, 6.45) is 1.64. The van der Waals surface area contributed by atoms with Crippen molar-refractivity contribution in [3.63, 3.8) is 0 Å². The van der Waals surface area contributed by atoms with Gasteiger partial charge >= 0.3 is 0 Å². The van der Waals surface area contributed by atoms with Crippen LogP contribution >= 0.6 is 11.3 Å². The van der Waals surface area contributed by atoms with Crippen LogP contribution < -0.4 is 31.5 Å². The third kappa shape index (κ3) is 6.23. The standard InChI is InChI=1S/C21H28N12OS/c1-31(2)19-28-18(24-10-13-6-5-9-34-13)29-21(30-19)33(4)12-15-8-7-14(35-15)11-32(3)20-26-16(22)25-17(23)27-20/h5-9H,10-12H2,1-4H3,(H,24,28,29,30)(H4,22,23,25,26,27). The van der Waals surface area contributed by atoms with Gasteiger partial charge in [0.25, 0.3) is 0 Å². The number of aromatic nitrogens is 6. The monoisotopic (exact) mass is 496 g/mol. The predicted octanol–water partition coefficient (Wildman–Crippen LogP) is 1.83. The molecule has 0 amide bonds. The van der Waals surface area contributed by atoms with Gasteiger partial charge in [-0.2, -0.15) is 29.9 Å². The largest absolute Gasteiger partial charge is 0.467 e. The van der Waals surface area contributed by atoms with Crippen LogP contribution in [-0.2, 0) is 19.6 Å². The number of rotatable bonds is 10. The first-order chi connectivity index (χ1) is 16.8. The summed E-state index contributed by atoms with van der Waals surface area (Å²) in [5, 5.41) is 3.20. The topological polar surface area (TPSA) is 164 Å². The summed E-state index contributed by atoms with van der Waals surface area (Å²) < 4.78 is 5.38. The molecule has 0 radical (unpaired) electrons. The van der Waals surface area contributed by atoms with Crippen molar-refractivity contribution in [2.24, 2.45) is 0 Å². The lowest BCUT2D eigenvalue weighted by Crippen LogP contribution is -2.22. The van der Waals surface area contributed by atoms with Crippen molar-refractivity contribution >= 4 is 47.0 Å². The highest BCUT2D eigenvalue weighted by Gasteiger charge is 2.15. The molecule has 184 valence electrons. The van der Waals surface area contributed by atoms with Crippen LogP contribution in [0.5, 0.6) is 0 Å². The van der Waals surface area contributed by atoms with Crippen molar-refractivity contribution in [1.82, 2.24) is 29.9 Å². The third-order valence-electron chi connectivity index (χ3n) is 4.86. The van der Waals surface area contributed by atoms with Gasteiger partial charge in [0.1, 0.15) is 5.76 Å². The minimum atomic E-state index is 0.0975. The summed E-state index contributed by atoms with van der Waals surface area (Å²) in [5.41, 5.74) is 11.4. The van der Waals surface area contributed by atoms with E-state index in [0.717, 1.165) is 15.5 Å². The maximum atomic E-state index is 5.69. The molecule has 0 aliphatic heterocycles. The van der Waals surface area contributed by atoms with Crippen LogP contribution in [0.1, 0.15) is 15.5 Å². The van der Waals surface area contributed by atoms with Crippen LogP contribution in [0.25, 0.3) is 0 Å². The van der Waals surface area contributed by atoms with E-state index in [0.29, 0.717) is 43.4 Å². The Labute approximate surface area is 206 Å². The molecule has 5 N–H and O–H groups in total. The van der Waals surface area contributed by atoms with Gasteiger partial charge in [0, 0.05) is 37.9 Å². The van der Waals surface area contributed by atoms with E-state index in [-0.39, 0.29) is 11.9 Å². The number of nitrogens with two attached hydrogens (primary N) is 2. The van der Waals surface area contributed by atoms with E-state index in [9.17, 15) is 0 Å². The zero-order valence-corrected chi connectivity index (χ0v) is 20.8. The van der Waals surface area contributed by atoms with Crippen LogP contribution in [0.15, 0.2) is 34.9 Å². The molecule has 0 atom stereocenters. The van der Waals surface area contributed by atoms with E-state index < -0.39 is 0 Å². The Kier molecular flexibility index (Phi) is 7.10. The van der Waals surface area contributed by atoms with Crippen molar-refractivity contribution in [3.8, 4) is 0 Å². The second-order valence-corrected chi connectivity index (χ2v) is 9.27. The average molecular weight is 497 g/mol. The van der Waals surface area contributed by atoms with Gasteiger partial charge in [0.2, 0.25) is 35.7 Å². The fraction of sp³-hybridized carbons (Fsp3) is 0.333. The van der Waals surface area contributed by atoms with Crippen LogP contribution in [-0.4, -0.2) is 58.1 Å². The molecule has 35 heavy (non-hydrogen) atoms. The molecule has 4 aromatic rings. The highest BCUT2D eigenvalue weighted by atomic mass is 32.1. The van der Waals surface area contributed by atoms with E-state index in [1.807, 2.05) is 55.0 Å². The second kappa shape index (κ2) is 10.4. The van der Waals surface area contributed by atoms with Gasteiger partial charge in [-0.15, -0.1) is 11.3 Å². The Bertz CT molecular complexity index is 1240. The molecule has 4 aromatic heterocycles. The number of furan rings is 1. The van der Waals surface area contributed by atoms with Gasteiger partial charge in [-0.05, 0) is 24.3 Å². The lowest BCUT2D eigenvalue weighted by molar-refractivity contribution is 0.517. The van der Waals surface area contributed by atoms with E-state index >= 15 is 0 Å². The SMILES string of the molecule is CN(C)c1nc(NCc2ccco2)nc(N(C)Cc2ccc(CN(C)c3nc(N)nc(N)n3)s2)n1. The van der Waals surface area contributed by atoms with Crippen molar-refractivity contribution in [2.45, 2.75) is 19.6 Å². The van der Waals surface area contributed by atoms with E-state index in [2.05, 4.69) is 47.4 Å². The summed E-state index contributed by atoms with van der Waals surface area (Å²) in [6, 6.07) is 7.90. The van der Waals surface area contributed by atoms with E-state index in [1.54, 1.807) is 17.6 Å². The lowest BCUT2D eigenvalue weighted by atomic mass is 10.4. The van der Waals surface area contributed by atoms with Crippen LogP contribution in [0, 0.1) is 0 Å². The zero-order chi connectivity index (χ0) is 24.9. The molecule has 0 spiro atoms. The summed E-state index contributed by atoms with van der Waals surface area (Å²) in [5.74, 6) is 3.03. The van der Waals surface area contributed by atoms with Gasteiger partial charge < -0.3 is 35.9 Å². The van der Waals surface area contributed by atoms with Gasteiger partial charge in [-0.25, -0.2) is 0 Å². The summed E-state index contributed by atoms with van der Waals surface area (Å²) in [6.45, 7) is 1.72. The Morgan fingerprint density at radius 3 is 1.97 bits per heavy atom. The molecular formula is C21H28N12OS. The van der Waals surface area contributed by atoms with E-state index in [4.69, 9.17) is 15.9 Å². The molecule has 0 saturated heterocycles. The van der Waals surface area contributed by atoms with Crippen molar-refractivity contribution in [3.05, 3.63) is 46.0 Å². The zero-order valence-electron chi connectivity index (χ0n) is 20.0. The molecule has 0 aromatic carbocycles. The smallest absolute Gasteiger partial charge is 0.232 e. The van der Waals surface area contributed by atoms with Gasteiger partial charge in [0.05, 0.1) is 25.9 Å². The normalized spacial score (nSPS) is 10.9. The van der Waals surface area contributed by atoms with Crippen LogP contribution in [0.3, 0.4) is 0 Å². The Hall–Kier alpha value is -4.20. The Morgan fingerprint density at radius 1 is 0.800 bits per heavy atom. The number of thiophene rings is 1. The predicted molar refractivity (Wildman–Crippen MR) is 137 cm³/mol. The molecule has 4 heterocycles. The molecule has 0 aliphatic rings. The van der Waals surface area contributed by atoms with Crippen molar-refractivity contribution in [1.29, 1.82) is 0 Å². The highest BCUT2D eigenvalue weighted by molar-refractivity contribution is 7.12. The van der Waals surface area contributed by atoms with Gasteiger partial charge in [-0.1, -0.05) is 0 Å². The summed E-state index contributed by atoms with van der Waals surface area (Å²) >= 11 is 1.68. The molecule has 0 aliphatic carbocycles. The fourth-order valence-corrected chi connectivity index (χ4v) is 4.28. The van der Waals surface area contributed by atoms with Crippen molar-refractivity contribution < 1.29 is 4.42 Å². The molecule has 14 heteroatoms. The lowest BCUT2D eigenvalue weighted by Gasteiger charge is -2.19. The third-order valence-corrected chi connectivity index (χ3v) is 5.91. The number of nitrogen functional groups attached to an aromatic ring is 2. The fourth-order valence-electron chi connectivity index (χ4n) is 3.15. The number of hydrogen-bond acceptors (Lipinski definition) is 14. The molecule has 0 bridgehead atoms.